The summed E-state index contributed by atoms with van der Waals surface area (Å²) in [4.78, 5) is 11.6. The first-order valence-electron chi connectivity index (χ1n) is 6.11. The molecule has 19 heavy (non-hydrogen) atoms. The minimum absolute atomic E-state index is 0.0351. The fourth-order valence-corrected chi connectivity index (χ4v) is 3.68. The highest BCUT2D eigenvalue weighted by molar-refractivity contribution is 7.91. The molecular formula is C11H17N3O4S. The zero-order valence-corrected chi connectivity index (χ0v) is 11.5. The van der Waals surface area contributed by atoms with Gasteiger partial charge in [-0.2, -0.15) is 0 Å². The van der Waals surface area contributed by atoms with Crippen molar-refractivity contribution in [2.24, 2.45) is 0 Å². The van der Waals surface area contributed by atoms with Crippen molar-refractivity contribution in [2.45, 2.75) is 25.8 Å². The Labute approximate surface area is 111 Å². The van der Waals surface area contributed by atoms with Crippen molar-refractivity contribution >= 4 is 21.6 Å². The zero-order chi connectivity index (χ0) is 13.9. The van der Waals surface area contributed by atoms with E-state index in [1.165, 1.54) is 0 Å². The number of nitrogens with one attached hydrogen (secondary N) is 2. The fourth-order valence-electron chi connectivity index (χ4n) is 1.98. The van der Waals surface area contributed by atoms with Crippen LogP contribution in [0.2, 0.25) is 0 Å². The van der Waals surface area contributed by atoms with E-state index in [1.54, 1.807) is 13.0 Å². The molecule has 7 nitrogen and oxygen atoms in total. The second-order valence-electron chi connectivity index (χ2n) is 4.68. The van der Waals surface area contributed by atoms with Gasteiger partial charge in [0.1, 0.15) is 5.76 Å². The standard InChI is InChI=1S/C11H17N3O4S/c1-8-6-10(14-18-8)13-11(15)2-4-12-9-3-5-19(16,17)7-9/h6,9,12H,2-5,7H2,1H3,(H,13,14,15). The van der Waals surface area contributed by atoms with Crippen molar-refractivity contribution in [2.75, 3.05) is 23.4 Å². The van der Waals surface area contributed by atoms with Crippen LogP contribution in [-0.2, 0) is 14.6 Å². The Bertz CT molecular complexity index is 552. The maximum Gasteiger partial charge on any atom is 0.226 e. The minimum Gasteiger partial charge on any atom is -0.360 e. The van der Waals surface area contributed by atoms with Crippen LogP contribution in [-0.4, -0.2) is 43.6 Å². The topological polar surface area (TPSA) is 101 Å². The molecule has 1 aromatic heterocycles. The number of sulfone groups is 1. The number of anilines is 1. The molecule has 0 saturated carbocycles. The first-order chi connectivity index (χ1) is 8.94. The predicted molar refractivity (Wildman–Crippen MR) is 69.5 cm³/mol. The summed E-state index contributed by atoms with van der Waals surface area (Å²) in [5, 5.41) is 9.33. The van der Waals surface area contributed by atoms with Crippen molar-refractivity contribution in [1.29, 1.82) is 0 Å². The van der Waals surface area contributed by atoms with Crippen LogP contribution < -0.4 is 10.6 Å². The first kappa shape index (κ1) is 14.0. The molecule has 2 heterocycles. The number of rotatable bonds is 5. The Morgan fingerprint density at radius 3 is 2.95 bits per heavy atom. The van der Waals surface area contributed by atoms with Crippen molar-refractivity contribution in [3.05, 3.63) is 11.8 Å². The van der Waals surface area contributed by atoms with Gasteiger partial charge < -0.3 is 15.2 Å². The van der Waals surface area contributed by atoms with Gasteiger partial charge in [0.2, 0.25) is 5.91 Å². The van der Waals surface area contributed by atoms with Crippen molar-refractivity contribution in [3.8, 4) is 0 Å². The van der Waals surface area contributed by atoms with Gasteiger partial charge >= 0.3 is 0 Å². The van der Waals surface area contributed by atoms with Gasteiger partial charge in [0, 0.05) is 25.1 Å². The molecule has 0 aromatic carbocycles. The molecule has 1 saturated heterocycles. The molecule has 2 N–H and O–H groups in total. The third-order valence-corrected chi connectivity index (χ3v) is 4.68. The van der Waals surface area contributed by atoms with Crippen LogP contribution in [0.5, 0.6) is 0 Å². The SMILES string of the molecule is Cc1cc(NC(=O)CCNC2CCS(=O)(=O)C2)no1. The van der Waals surface area contributed by atoms with Crippen LogP contribution in [0.25, 0.3) is 0 Å². The number of aryl methyl sites for hydroxylation is 1. The average Bonchev–Trinajstić information content (AvgIpc) is 2.85. The zero-order valence-electron chi connectivity index (χ0n) is 10.7. The molecule has 1 aliphatic heterocycles. The van der Waals surface area contributed by atoms with Gasteiger partial charge in [-0.15, -0.1) is 0 Å². The van der Waals surface area contributed by atoms with Gasteiger partial charge in [-0.05, 0) is 13.3 Å². The predicted octanol–water partition coefficient (Wildman–Crippen LogP) is 0.0883. The Hall–Kier alpha value is -1.41. The van der Waals surface area contributed by atoms with Crippen LogP contribution in [0.4, 0.5) is 5.82 Å². The van der Waals surface area contributed by atoms with E-state index in [0.29, 0.717) is 24.5 Å². The van der Waals surface area contributed by atoms with Gasteiger partial charge in [-0.25, -0.2) is 8.42 Å². The highest BCUT2D eigenvalue weighted by Crippen LogP contribution is 2.11. The van der Waals surface area contributed by atoms with Crippen LogP contribution in [0.3, 0.4) is 0 Å². The molecule has 0 bridgehead atoms. The Morgan fingerprint density at radius 2 is 2.37 bits per heavy atom. The third kappa shape index (κ3) is 4.32. The van der Waals surface area contributed by atoms with Crippen LogP contribution in [0.1, 0.15) is 18.6 Å². The molecule has 1 atom stereocenters. The lowest BCUT2D eigenvalue weighted by Gasteiger charge is -2.09. The van der Waals surface area contributed by atoms with Crippen molar-refractivity contribution < 1.29 is 17.7 Å². The lowest BCUT2D eigenvalue weighted by Crippen LogP contribution is -2.32. The molecule has 1 aromatic rings. The van der Waals surface area contributed by atoms with E-state index in [0.717, 1.165) is 0 Å². The van der Waals surface area contributed by atoms with E-state index in [-0.39, 0.29) is 29.9 Å². The monoisotopic (exact) mass is 287 g/mol. The second kappa shape index (κ2) is 5.70. The van der Waals surface area contributed by atoms with E-state index >= 15 is 0 Å². The third-order valence-electron chi connectivity index (χ3n) is 2.91. The summed E-state index contributed by atoms with van der Waals surface area (Å²) in [7, 11) is -2.88. The fraction of sp³-hybridized carbons (Fsp3) is 0.636. The number of hydrogen-bond acceptors (Lipinski definition) is 6. The van der Waals surface area contributed by atoms with Crippen LogP contribution >= 0.6 is 0 Å². The molecule has 1 fully saturated rings. The Morgan fingerprint density at radius 1 is 1.58 bits per heavy atom. The Balaban J connectivity index is 1.67. The summed E-state index contributed by atoms with van der Waals surface area (Å²) in [5.74, 6) is 1.24. The quantitative estimate of drug-likeness (QED) is 0.796. The van der Waals surface area contributed by atoms with Gasteiger partial charge in [0.15, 0.2) is 15.7 Å². The molecule has 8 heteroatoms. The maximum atomic E-state index is 11.6. The van der Waals surface area contributed by atoms with E-state index < -0.39 is 9.84 Å². The van der Waals surface area contributed by atoms with Gasteiger partial charge in [0.25, 0.3) is 0 Å². The average molecular weight is 287 g/mol. The summed E-state index contributed by atoms with van der Waals surface area (Å²) in [6.07, 6.45) is 0.884. The summed E-state index contributed by atoms with van der Waals surface area (Å²) in [6, 6.07) is 1.60. The van der Waals surface area contributed by atoms with Crippen molar-refractivity contribution in [1.82, 2.24) is 10.5 Å². The number of carbonyl (C=O) groups excluding carboxylic acids is 1. The van der Waals surface area contributed by atoms with Crippen molar-refractivity contribution in [3.63, 3.8) is 0 Å². The molecule has 106 valence electrons. The lowest BCUT2D eigenvalue weighted by atomic mass is 10.2. The minimum atomic E-state index is -2.88. The molecule has 1 aliphatic rings. The molecule has 2 rings (SSSR count). The van der Waals surface area contributed by atoms with Gasteiger partial charge in [-0.1, -0.05) is 5.16 Å². The smallest absolute Gasteiger partial charge is 0.226 e. The van der Waals surface area contributed by atoms with Crippen LogP contribution in [0, 0.1) is 6.92 Å². The maximum absolute atomic E-state index is 11.6. The summed E-state index contributed by atoms with van der Waals surface area (Å²) in [5.41, 5.74) is 0. The number of amides is 1. The Kier molecular flexibility index (Phi) is 4.20. The van der Waals surface area contributed by atoms with Crippen LogP contribution in [0.15, 0.2) is 10.6 Å². The number of nitrogens with zero attached hydrogens (tertiary/aromatic N) is 1. The lowest BCUT2D eigenvalue weighted by molar-refractivity contribution is -0.116. The molecule has 0 radical (unpaired) electrons. The second-order valence-corrected chi connectivity index (χ2v) is 6.90. The molecule has 1 amide bonds. The highest BCUT2D eigenvalue weighted by atomic mass is 32.2. The highest BCUT2D eigenvalue weighted by Gasteiger charge is 2.27. The molecule has 0 aliphatic carbocycles. The molecular weight excluding hydrogens is 270 g/mol. The van der Waals surface area contributed by atoms with E-state index in [4.69, 9.17) is 4.52 Å². The van der Waals surface area contributed by atoms with E-state index in [2.05, 4.69) is 15.8 Å². The largest absolute Gasteiger partial charge is 0.360 e. The summed E-state index contributed by atoms with van der Waals surface area (Å²) < 4.78 is 27.3. The number of aromatic nitrogens is 1. The van der Waals surface area contributed by atoms with E-state index in [9.17, 15) is 13.2 Å². The number of carbonyl (C=O) groups is 1. The number of hydrogen-bond donors (Lipinski definition) is 2. The summed E-state index contributed by atoms with van der Waals surface area (Å²) in [6.45, 7) is 2.19. The normalized spacial score (nSPS) is 21.4. The molecule has 0 spiro atoms. The molecule has 1 unspecified atom stereocenters. The van der Waals surface area contributed by atoms with Gasteiger partial charge in [0.05, 0.1) is 11.5 Å². The van der Waals surface area contributed by atoms with E-state index in [1.807, 2.05) is 0 Å². The first-order valence-corrected chi connectivity index (χ1v) is 7.94. The van der Waals surface area contributed by atoms with Gasteiger partial charge in [-0.3, -0.25) is 4.79 Å². The summed E-state index contributed by atoms with van der Waals surface area (Å²) >= 11 is 0.